The van der Waals surface area contributed by atoms with Gasteiger partial charge in [0.2, 0.25) is 5.91 Å². The number of fused-ring (bicyclic) bond motifs is 1. The Morgan fingerprint density at radius 1 is 0.971 bits per heavy atom. The van der Waals surface area contributed by atoms with Crippen molar-refractivity contribution in [3.8, 4) is 5.75 Å². The van der Waals surface area contributed by atoms with E-state index >= 15 is 0 Å². The highest BCUT2D eigenvalue weighted by molar-refractivity contribution is 5.96. The first-order valence-electron chi connectivity index (χ1n) is 12.0. The number of anilines is 1. The second-order valence-electron chi connectivity index (χ2n) is 9.25. The minimum Gasteiger partial charge on any atom is -0.493 e. The van der Waals surface area contributed by atoms with E-state index in [-0.39, 0.29) is 11.8 Å². The van der Waals surface area contributed by atoms with E-state index in [0.717, 1.165) is 41.3 Å². The Labute approximate surface area is 201 Å². The zero-order valence-corrected chi connectivity index (χ0v) is 20.1. The van der Waals surface area contributed by atoms with E-state index in [9.17, 15) is 4.79 Å². The molecule has 34 heavy (non-hydrogen) atoms. The number of para-hydroxylation sites is 2. The smallest absolute Gasteiger partial charge is 0.227 e. The number of imidazole rings is 1. The predicted octanol–water partition coefficient (Wildman–Crippen LogP) is 5.95. The largest absolute Gasteiger partial charge is 0.493 e. The Balaban J connectivity index is 1.34. The molecule has 4 aromatic rings. The third-order valence-corrected chi connectivity index (χ3v) is 6.86. The maximum Gasteiger partial charge on any atom is 0.227 e. The van der Waals surface area contributed by atoms with Crippen molar-refractivity contribution in [2.45, 2.75) is 46.1 Å². The van der Waals surface area contributed by atoms with E-state index in [2.05, 4.69) is 61.7 Å². The summed E-state index contributed by atoms with van der Waals surface area (Å²) in [5, 5.41) is 0. The second kappa shape index (κ2) is 9.34. The number of nitrogens with zero attached hydrogens (tertiary/aromatic N) is 3. The van der Waals surface area contributed by atoms with Crippen LogP contribution in [-0.2, 0) is 11.3 Å². The van der Waals surface area contributed by atoms with Crippen LogP contribution in [-0.4, -0.2) is 28.6 Å². The molecule has 1 aliphatic heterocycles. The maximum atomic E-state index is 12.9. The van der Waals surface area contributed by atoms with Crippen LogP contribution < -0.4 is 9.64 Å². The summed E-state index contributed by atoms with van der Waals surface area (Å²) in [5.41, 5.74) is 6.68. The van der Waals surface area contributed by atoms with Crippen molar-refractivity contribution in [3.05, 3.63) is 89.2 Å². The van der Waals surface area contributed by atoms with E-state index < -0.39 is 0 Å². The molecule has 1 amide bonds. The minimum absolute atomic E-state index is 0.0705. The summed E-state index contributed by atoms with van der Waals surface area (Å²) in [6.07, 6.45) is 1.35. The van der Waals surface area contributed by atoms with Crippen molar-refractivity contribution in [3.63, 3.8) is 0 Å². The molecule has 174 valence electrons. The summed E-state index contributed by atoms with van der Waals surface area (Å²) in [6.45, 7) is 8.36. The van der Waals surface area contributed by atoms with Gasteiger partial charge in [-0.15, -0.1) is 0 Å². The summed E-state index contributed by atoms with van der Waals surface area (Å²) in [4.78, 5) is 19.8. The molecule has 1 aliphatic rings. The highest BCUT2D eigenvalue weighted by Crippen LogP contribution is 2.33. The fourth-order valence-corrected chi connectivity index (χ4v) is 4.78. The lowest BCUT2D eigenvalue weighted by atomic mass is 10.1. The van der Waals surface area contributed by atoms with Crippen LogP contribution in [0.3, 0.4) is 0 Å². The van der Waals surface area contributed by atoms with Gasteiger partial charge in [-0.1, -0.05) is 42.0 Å². The third-order valence-electron chi connectivity index (χ3n) is 6.86. The zero-order valence-electron chi connectivity index (χ0n) is 20.1. The number of hydrogen-bond acceptors (Lipinski definition) is 3. The molecule has 5 heteroatoms. The molecule has 1 atom stereocenters. The highest BCUT2D eigenvalue weighted by Gasteiger charge is 2.34. The number of amides is 1. The number of aromatic nitrogens is 2. The molecule has 1 unspecified atom stereocenters. The Morgan fingerprint density at radius 3 is 2.59 bits per heavy atom. The van der Waals surface area contributed by atoms with Crippen molar-refractivity contribution >= 4 is 22.6 Å². The van der Waals surface area contributed by atoms with Gasteiger partial charge in [0.15, 0.2) is 0 Å². The van der Waals surface area contributed by atoms with Gasteiger partial charge < -0.3 is 14.2 Å². The first kappa shape index (κ1) is 22.2. The maximum absolute atomic E-state index is 12.9. The molecule has 3 aromatic carbocycles. The lowest BCUT2D eigenvalue weighted by Crippen LogP contribution is -2.24. The first-order chi connectivity index (χ1) is 16.5. The van der Waals surface area contributed by atoms with Crippen molar-refractivity contribution < 1.29 is 9.53 Å². The zero-order chi connectivity index (χ0) is 23.7. The van der Waals surface area contributed by atoms with Gasteiger partial charge in [-0.3, -0.25) is 4.79 Å². The number of aryl methyl sites for hydroxylation is 3. The van der Waals surface area contributed by atoms with E-state index in [1.165, 1.54) is 16.7 Å². The molecule has 0 spiro atoms. The molecule has 0 aliphatic carbocycles. The van der Waals surface area contributed by atoms with Gasteiger partial charge >= 0.3 is 0 Å². The quantitative estimate of drug-likeness (QED) is 0.325. The van der Waals surface area contributed by atoms with Gasteiger partial charge in [0, 0.05) is 31.1 Å². The van der Waals surface area contributed by atoms with Gasteiger partial charge in [-0.05, 0) is 68.7 Å². The van der Waals surface area contributed by atoms with Crippen LogP contribution in [0.1, 0.15) is 41.3 Å². The molecular weight excluding hydrogens is 422 g/mol. The highest BCUT2D eigenvalue weighted by atomic mass is 16.5. The average Bonchev–Trinajstić information content (AvgIpc) is 3.40. The molecule has 0 N–H and O–H groups in total. The third kappa shape index (κ3) is 4.30. The average molecular weight is 454 g/mol. The van der Waals surface area contributed by atoms with Crippen molar-refractivity contribution in [2.24, 2.45) is 0 Å². The summed E-state index contributed by atoms with van der Waals surface area (Å²) in [7, 11) is 0. The molecular formula is C29H31N3O2. The second-order valence-corrected chi connectivity index (χ2v) is 9.25. The molecule has 5 rings (SSSR count). The minimum atomic E-state index is 0.0705. The number of hydrogen-bond donors (Lipinski definition) is 0. The summed E-state index contributed by atoms with van der Waals surface area (Å²) < 4.78 is 8.39. The molecule has 2 heterocycles. The molecule has 0 radical (unpaired) electrons. The van der Waals surface area contributed by atoms with Gasteiger partial charge in [0.25, 0.3) is 0 Å². The Bertz CT molecular complexity index is 1320. The van der Waals surface area contributed by atoms with Gasteiger partial charge in [0.1, 0.15) is 11.6 Å². The fraction of sp³-hybridized carbons (Fsp3) is 0.310. The molecule has 0 saturated carbocycles. The Kier molecular flexibility index (Phi) is 6.10. The van der Waals surface area contributed by atoms with Crippen LogP contribution in [0.2, 0.25) is 0 Å². The van der Waals surface area contributed by atoms with Crippen LogP contribution in [0.4, 0.5) is 5.69 Å². The Hall–Kier alpha value is -3.60. The number of carbonyl (C=O) groups excluding carboxylic acids is 1. The Morgan fingerprint density at radius 2 is 1.76 bits per heavy atom. The summed E-state index contributed by atoms with van der Waals surface area (Å²) in [5.74, 6) is 2.17. The monoisotopic (exact) mass is 453 g/mol. The van der Waals surface area contributed by atoms with E-state index in [4.69, 9.17) is 9.72 Å². The summed E-state index contributed by atoms with van der Waals surface area (Å²) in [6, 6.07) is 22.6. The normalized spacial score (nSPS) is 15.9. The van der Waals surface area contributed by atoms with Gasteiger partial charge in [0.05, 0.1) is 17.6 Å². The molecule has 1 aromatic heterocycles. The first-order valence-corrected chi connectivity index (χ1v) is 12.0. The number of rotatable bonds is 7. The van der Waals surface area contributed by atoms with Crippen LogP contribution in [0.5, 0.6) is 5.75 Å². The van der Waals surface area contributed by atoms with Crippen molar-refractivity contribution in [2.75, 3.05) is 18.1 Å². The standard InChI is InChI=1S/C29H31N3O2/c1-20-12-14-24(15-13-20)32-19-23(18-28(32)33)29-30-25-9-4-5-10-26(25)31(29)16-7-17-34-27-11-6-8-21(2)22(27)3/h4-6,8-15,23H,7,16-19H2,1-3H3. The van der Waals surface area contributed by atoms with Gasteiger partial charge in [-0.2, -0.15) is 0 Å². The van der Waals surface area contributed by atoms with Crippen LogP contribution in [0.15, 0.2) is 66.7 Å². The molecule has 1 saturated heterocycles. The van der Waals surface area contributed by atoms with Crippen molar-refractivity contribution in [1.82, 2.24) is 9.55 Å². The van der Waals surface area contributed by atoms with E-state index in [0.29, 0.717) is 19.6 Å². The van der Waals surface area contributed by atoms with Crippen LogP contribution in [0, 0.1) is 20.8 Å². The van der Waals surface area contributed by atoms with Crippen molar-refractivity contribution in [1.29, 1.82) is 0 Å². The summed E-state index contributed by atoms with van der Waals surface area (Å²) >= 11 is 0. The lowest BCUT2D eigenvalue weighted by molar-refractivity contribution is -0.117. The SMILES string of the molecule is Cc1ccc(N2CC(c3nc4ccccc4n3CCCOc3cccc(C)c3C)CC2=O)cc1. The predicted molar refractivity (Wildman–Crippen MR) is 137 cm³/mol. The van der Waals surface area contributed by atoms with E-state index in [1.54, 1.807) is 0 Å². The van der Waals surface area contributed by atoms with Crippen LogP contribution in [0.25, 0.3) is 11.0 Å². The van der Waals surface area contributed by atoms with Gasteiger partial charge in [-0.25, -0.2) is 4.98 Å². The lowest BCUT2D eigenvalue weighted by Gasteiger charge is -2.18. The number of benzene rings is 3. The fourth-order valence-electron chi connectivity index (χ4n) is 4.78. The van der Waals surface area contributed by atoms with Crippen LogP contribution >= 0.6 is 0 Å². The van der Waals surface area contributed by atoms with E-state index in [1.807, 2.05) is 35.2 Å². The number of ether oxygens (including phenoxy) is 1. The molecule has 5 nitrogen and oxygen atoms in total. The molecule has 0 bridgehead atoms. The molecule has 1 fully saturated rings. The number of carbonyl (C=O) groups is 1. The topological polar surface area (TPSA) is 47.4 Å².